The van der Waals surface area contributed by atoms with Crippen LogP contribution in [0.25, 0.3) is 27.9 Å². The second kappa shape index (κ2) is 10.9. The number of pyridine rings is 1. The van der Waals surface area contributed by atoms with E-state index in [1.54, 1.807) is 31.6 Å². The molecule has 0 amide bonds. The van der Waals surface area contributed by atoms with Crippen molar-refractivity contribution < 1.29 is 25.3 Å². The Balaban J connectivity index is 1.55. The van der Waals surface area contributed by atoms with E-state index in [9.17, 15) is 8.78 Å². The largest absolute Gasteiger partial charge is 0.345 e. The molecule has 0 saturated heterocycles. The molecule has 1 aromatic carbocycles. The molecule has 1 N–H and O–H groups in total. The average molecular weight is 567 g/mol. The fourth-order valence-electron chi connectivity index (χ4n) is 3.89. The van der Waals surface area contributed by atoms with Gasteiger partial charge in [-0.25, -0.2) is 4.39 Å². The maximum atomic E-state index is 15.2. The van der Waals surface area contributed by atoms with Crippen LogP contribution in [0.3, 0.4) is 0 Å². The molecule has 10 nitrogen and oxygen atoms in total. The highest BCUT2D eigenvalue weighted by molar-refractivity contribution is 6.32. The molecule has 0 aliphatic heterocycles. The van der Waals surface area contributed by atoms with Crippen molar-refractivity contribution in [3.05, 3.63) is 77.1 Å². The molecule has 38 heavy (non-hydrogen) atoms. The zero-order valence-corrected chi connectivity index (χ0v) is 20.9. The van der Waals surface area contributed by atoms with Gasteiger partial charge in [-0.1, -0.05) is 34.5 Å². The molecule has 0 bridgehead atoms. The lowest BCUT2D eigenvalue weighted by Gasteiger charge is -2.18. The SMILES string of the molecule is [2H]C([2H])(C[C@H](c1ccc(-c2c(-[n+]3cnn[nH]3)ccc(Cl)c2F)cn1)n1cc(-c2cn(C)nc2Cl)cn1)OC(F)F. The Morgan fingerprint density at radius 3 is 2.66 bits per heavy atom. The van der Waals surface area contributed by atoms with Crippen LogP contribution in [0.15, 0.2) is 55.4 Å². The smallest absolute Gasteiger partial charge is 0.323 e. The van der Waals surface area contributed by atoms with Crippen LogP contribution in [-0.2, 0) is 11.8 Å². The molecule has 0 fully saturated rings. The molecule has 15 heteroatoms. The van der Waals surface area contributed by atoms with Crippen molar-refractivity contribution in [1.82, 2.24) is 40.1 Å². The minimum absolute atomic E-state index is 0.100. The van der Waals surface area contributed by atoms with Crippen LogP contribution in [0.2, 0.25) is 10.2 Å². The van der Waals surface area contributed by atoms with Crippen molar-refractivity contribution in [2.45, 2.75) is 19.1 Å². The van der Waals surface area contributed by atoms with E-state index in [0.717, 1.165) is 0 Å². The molecule has 196 valence electrons. The number of benzene rings is 1. The number of alkyl halides is 2. The van der Waals surface area contributed by atoms with Crippen molar-refractivity contribution in [1.29, 1.82) is 0 Å². The Labute approximate surface area is 226 Å². The highest BCUT2D eigenvalue weighted by Crippen LogP contribution is 2.33. The van der Waals surface area contributed by atoms with Crippen LogP contribution in [0.1, 0.15) is 20.9 Å². The summed E-state index contributed by atoms with van der Waals surface area (Å²) in [7, 11) is 1.69. The third-order valence-corrected chi connectivity index (χ3v) is 6.16. The highest BCUT2D eigenvalue weighted by Gasteiger charge is 2.22. The number of hydrogen-bond acceptors (Lipinski definition) is 6. The summed E-state index contributed by atoms with van der Waals surface area (Å²) in [5.74, 6) is -0.709. The maximum Gasteiger partial charge on any atom is 0.345 e. The molecule has 0 aliphatic carbocycles. The van der Waals surface area contributed by atoms with Crippen molar-refractivity contribution in [3.63, 3.8) is 0 Å². The Kier molecular flexibility index (Phi) is 6.68. The molecule has 4 aromatic heterocycles. The number of hydrogen-bond donors (Lipinski definition) is 1. The summed E-state index contributed by atoms with van der Waals surface area (Å²) in [6.07, 6.45) is 6.86. The van der Waals surface area contributed by atoms with Gasteiger partial charge < -0.3 is 4.74 Å². The van der Waals surface area contributed by atoms with Gasteiger partial charge in [0.2, 0.25) is 0 Å². The van der Waals surface area contributed by atoms with Crippen LogP contribution in [0.5, 0.6) is 0 Å². The monoisotopic (exact) mass is 566 g/mol. The first-order valence-corrected chi connectivity index (χ1v) is 11.7. The Hall–Kier alpha value is -3.81. The summed E-state index contributed by atoms with van der Waals surface area (Å²) in [4.78, 5) is 4.42. The molecule has 1 atom stereocenters. The number of halogens is 5. The van der Waals surface area contributed by atoms with Crippen molar-refractivity contribution >= 4 is 23.2 Å². The molecule has 0 saturated carbocycles. The van der Waals surface area contributed by atoms with E-state index in [-0.39, 0.29) is 21.4 Å². The molecule has 0 spiro atoms. The van der Waals surface area contributed by atoms with E-state index in [4.69, 9.17) is 25.9 Å². The summed E-state index contributed by atoms with van der Waals surface area (Å²) in [6, 6.07) is 5.02. The van der Waals surface area contributed by atoms with Crippen LogP contribution in [0.4, 0.5) is 13.2 Å². The van der Waals surface area contributed by atoms with Gasteiger partial charge in [0.25, 0.3) is 6.33 Å². The number of rotatable bonds is 9. The molecular weight excluding hydrogens is 546 g/mol. The van der Waals surface area contributed by atoms with E-state index in [1.807, 2.05) is 0 Å². The predicted octanol–water partition coefficient (Wildman–Crippen LogP) is 4.41. The van der Waals surface area contributed by atoms with Gasteiger partial charge in [0.1, 0.15) is 10.8 Å². The third-order valence-electron chi connectivity index (χ3n) is 5.59. The first-order valence-electron chi connectivity index (χ1n) is 11.9. The van der Waals surface area contributed by atoms with Gasteiger partial charge in [-0.2, -0.15) is 19.0 Å². The summed E-state index contributed by atoms with van der Waals surface area (Å²) >= 11 is 12.3. The fraction of sp³-hybridized carbons (Fsp3) is 0.217. The van der Waals surface area contributed by atoms with Gasteiger partial charge in [-0.3, -0.25) is 14.3 Å². The molecule has 0 radical (unpaired) electrons. The zero-order chi connectivity index (χ0) is 28.6. The normalized spacial score (nSPS) is 13.6. The van der Waals surface area contributed by atoms with Crippen LogP contribution in [0, 0.1) is 5.82 Å². The first-order chi connectivity index (χ1) is 19.0. The van der Waals surface area contributed by atoms with Crippen molar-refractivity contribution in [2.24, 2.45) is 7.05 Å². The van der Waals surface area contributed by atoms with Gasteiger partial charge in [0.05, 0.1) is 37.8 Å². The molecule has 4 heterocycles. The van der Waals surface area contributed by atoms with Gasteiger partial charge >= 0.3 is 6.61 Å². The Morgan fingerprint density at radius 2 is 2.00 bits per heavy atom. The minimum atomic E-state index is -3.34. The Morgan fingerprint density at radius 1 is 1.16 bits per heavy atom. The second-order valence-corrected chi connectivity index (χ2v) is 8.75. The quantitative estimate of drug-likeness (QED) is 0.265. The second-order valence-electron chi connectivity index (χ2n) is 7.99. The molecule has 5 aromatic rings. The lowest BCUT2D eigenvalue weighted by molar-refractivity contribution is -0.659. The maximum absolute atomic E-state index is 15.2. The van der Waals surface area contributed by atoms with Gasteiger partial charge in [-0.05, 0) is 24.6 Å². The zero-order valence-electron chi connectivity index (χ0n) is 21.4. The third kappa shape index (κ3) is 5.26. The first kappa shape index (κ1) is 23.3. The summed E-state index contributed by atoms with van der Waals surface area (Å²) in [6.45, 7) is -6.08. The van der Waals surface area contributed by atoms with E-state index >= 15 is 4.39 Å². The minimum Gasteiger partial charge on any atom is -0.323 e. The number of aromatic amines is 1. The number of aryl methyl sites for hydroxylation is 1. The number of nitrogens with zero attached hydrogens (tertiary/aromatic N) is 8. The fourth-order valence-corrected chi connectivity index (χ4v) is 4.32. The summed E-state index contributed by atoms with van der Waals surface area (Å²) in [5.41, 5.74) is 2.16. The highest BCUT2D eigenvalue weighted by atomic mass is 35.5. The van der Waals surface area contributed by atoms with Crippen LogP contribution >= 0.6 is 23.2 Å². The average Bonchev–Trinajstić information content (AvgIpc) is 3.65. The number of H-pyrrole nitrogens is 1. The summed E-state index contributed by atoms with van der Waals surface area (Å²) < 4.78 is 65.6. The topological polar surface area (TPSA) is 103 Å². The van der Waals surface area contributed by atoms with E-state index in [1.165, 1.54) is 44.9 Å². The number of aromatic nitrogens is 9. The lowest BCUT2D eigenvalue weighted by Crippen LogP contribution is -2.33. The van der Waals surface area contributed by atoms with Crippen LogP contribution in [-0.4, -0.2) is 53.2 Å². The Bertz CT molecular complexity index is 1630. The standard InChI is InChI=1S/C23H18Cl2F3N9O/c1-35-11-15(22(25)32-35)14-9-31-36(10-14)18(6-7-38-23(27)28)17-4-2-13(8-29-17)20-19(37-12-30-33-34-37)5-3-16(24)21(20)26/h2-5,8-12,18,23H,6-7H2,1H3/p+1/t18-/m1/s1/i7D2. The van der Waals surface area contributed by atoms with Crippen molar-refractivity contribution in [3.8, 4) is 27.9 Å². The van der Waals surface area contributed by atoms with E-state index in [2.05, 4.69) is 35.4 Å². The van der Waals surface area contributed by atoms with Gasteiger partial charge in [0.15, 0.2) is 16.2 Å². The van der Waals surface area contributed by atoms with Gasteiger partial charge in [0, 0.05) is 42.3 Å². The predicted molar refractivity (Wildman–Crippen MR) is 130 cm³/mol. The molecule has 0 aliphatic rings. The van der Waals surface area contributed by atoms with Crippen molar-refractivity contribution in [2.75, 3.05) is 6.56 Å². The van der Waals surface area contributed by atoms with E-state index in [0.29, 0.717) is 22.4 Å². The molecular formula is C23H19Cl2F3N9O+. The van der Waals surface area contributed by atoms with Crippen LogP contribution < -0.4 is 4.68 Å². The number of ether oxygens (including phenoxy) is 1. The van der Waals surface area contributed by atoms with E-state index < -0.39 is 31.5 Å². The number of tetrazole rings is 1. The lowest BCUT2D eigenvalue weighted by atomic mass is 10.0. The van der Waals surface area contributed by atoms with Gasteiger partial charge in [-0.15, -0.1) is 4.68 Å². The summed E-state index contributed by atoms with van der Waals surface area (Å²) in [5, 5.41) is 18.4. The molecule has 5 rings (SSSR count). The number of nitrogens with one attached hydrogen (secondary N) is 1. The molecule has 0 unspecified atom stereocenters.